The summed E-state index contributed by atoms with van der Waals surface area (Å²) in [6.07, 6.45) is -0.885. The summed E-state index contributed by atoms with van der Waals surface area (Å²) in [7, 11) is -2.27. The van der Waals surface area contributed by atoms with E-state index < -0.39 is 28.4 Å². The standard InChI is InChI=1S/C24H25N5O5S/c1-34-20-11-7-18(8-12-20)15-28-22(26-19-9-13-21(14-10-19)35(25,32)33)27-23(30)29(24(28)31)16-17-5-3-2-4-6-17/h2-14,22,26H,15-16H2,1H3,(H,27,30)(H2,25,32,33). The number of rotatable bonds is 8. The molecular formula is C24H25N5O5S. The molecule has 0 saturated carbocycles. The van der Waals surface area contributed by atoms with Gasteiger partial charge in [0.15, 0.2) is 6.29 Å². The van der Waals surface area contributed by atoms with Gasteiger partial charge in [0.05, 0.1) is 25.1 Å². The topological polar surface area (TPSA) is 134 Å². The summed E-state index contributed by atoms with van der Waals surface area (Å²) in [6.45, 7) is 0.307. The van der Waals surface area contributed by atoms with Gasteiger partial charge in [-0.15, -0.1) is 0 Å². The number of benzene rings is 3. The monoisotopic (exact) mass is 495 g/mol. The molecule has 0 aromatic heterocycles. The van der Waals surface area contributed by atoms with Gasteiger partial charge in [-0.3, -0.25) is 10.2 Å². The minimum Gasteiger partial charge on any atom is -0.497 e. The molecule has 0 bridgehead atoms. The van der Waals surface area contributed by atoms with Crippen LogP contribution < -0.4 is 20.5 Å². The van der Waals surface area contributed by atoms with E-state index in [1.165, 1.54) is 29.2 Å². The van der Waals surface area contributed by atoms with E-state index >= 15 is 0 Å². The van der Waals surface area contributed by atoms with Crippen LogP contribution in [0, 0.1) is 0 Å². The molecule has 0 spiro atoms. The molecule has 3 aromatic rings. The van der Waals surface area contributed by atoms with Crippen molar-refractivity contribution in [2.75, 3.05) is 12.4 Å². The van der Waals surface area contributed by atoms with E-state index in [9.17, 15) is 18.0 Å². The van der Waals surface area contributed by atoms with Gasteiger partial charge in [0.2, 0.25) is 10.0 Å². The van der Waals surface area contributed by atoms with Crippen molar-refractivity contribution in [1.82, 2.24) is 15.1 Å². The lowest BCUT2D eigenvalue weighted by Gasteiger charge is -2.41. The number of methoxy groups -OCH3 is 1. The van der Waals surface area contributed by atoms with Gasteiger partial charge in [0.25, 0.3) is 0 Å². The van der Waals surface area contributed by atoms with Gasteiger partial charge in [0.1, 0.15) is 5.75 Å². The molecule has 3 aromatic carbocycles. The number of hydrogen-bond donors (Lipinski definition) is 3. The first-order valence-corrected chi connectivity index (χ1v) is 12.2. The molecule has 4 amide bonds. The smallest absolute Gasteiger partial charge is 0.331 e. The predicted octanol–water partition coefficient (Wildman–Crippen LogP) is 2.89. The zero-order chi connectivity index (χ0) is 25.0. The van der Waals surface area contributed by atoms with Crippen molar-refractivity contribution in [2.24, 2.45) is 5.14 Å². The molecule has 182 valence electrons. The highest BCUT2D eigenvalue weighted by atomic mass is 32.2. The molecule has 10 nitrogen and oxygen atoms in total. The minimum absolute atomic E-state index is 0.0454. The second-order valence-electron chi connectivity index (χ2n) is 7.90. The van der Waals surface area contributed by atoms with Crippen molar-refractivity contribution >= 4 is 27.8 Å². The Kier molecular flexibility index (Phi) is 6.90. The second kappa shape index (κ2) is 10.0. The van der Waals surface area contributed by atoms with E-state index in [0.29, 0.717) is 11.4 Å². The van der Waals surface area contributed by atoms with Gasteiger partial charge in [-0.05, 0) is 47.5 Å². The van der Waals surface area contributed by atoms with Gasteiger partial charge in [0, 0.05) is 5.69 Å². The zero-order valence-electron chi connectivity index (χ0n) is 18.9. The third kappa shape index (κ3) is 5.70. The fourth-order valence-electron chi connectivity index (χ4n) is 3.63. The fraction of sp³-hybridized carbons (Fsp3) is 0.167. The van der Waals surface area contributed by atoms with Crippen molar-refractivity contribution in [3.05, 3.63) is 90.0 Å². The van der Waals surface area contributed by atoms with Crippen LogP contribution >= 0.6 is 0 Å². The predicted molar refractivity (Wildman–Crippen MR) is 130 cm³/mol. The molecule has 1 heterocycles. The third-order valence-corrected chi connectivity index (χ3v) is 6.40. The summed E-state index contributed by atoms with van der Waals surface area (Å²) in [5, 5.41) is 11.1. The number of urea groups is 2. The molecule has 0 radical (unpaired) electrons. The van der Waals surface area contributed by atoms with Crippen LogP contribution in [-0.4, -0.2) is 43.7 Å². The van der Waals surface area contributed by atoms with Gasteiger partial charge < -0.3 is 10.1 Å². The number of hydrogen-bond acceptors (Lipinski definition) is 6. The summed E-state index contributed by atoms with van der Waals surface area (Å²) >= 11 is 0. The van der Waals surface area contributed by atoms with Crippen LogP contribution in [0.15, 0.2) is 83.8 Å². The maximum atomic E-state index is 13.5. The summed E-state index contributed by atoms with van der Waals surface area (Å²) in [4.78, 5) is 29.0. The third-order valence-electron chi connectivity index (χ3n) is 5.48. The number of anilines is 1. The van der Waals surface area contributed by atoms with Crippen molar-refractivity contribution < 1.29 is 22.7 Å². The number of sulfonamides is 1. The molecule has 11 heteroatoms. The average Bonchev–Trinajstić information content (AvgIpc) is 2.85. The van der Waals surface area contributed by atoms with Crippen LogP contribution in [0.5, 0.6) is 5.75 Å². The van der Waals surface area contributed by atoms with E-state index in [4.69, 9.17) is 9.88 Å². The summed E-state index contributed by atoms with van der Waals surface area (Å²) in [6, 6.07) is 21.2. The van der Waals surface area contributed by atoms with Crippen LogP contribution in [-0.2, 0) is 23.1 Å². The van der Waals surface area contributed by atoms with Gasteiger partial charge in [-0.2, -0.15) is 0 Å². The highest BCUT2D eigenvalue weighted by molar-refractivity contribution is 7.89. The Morgan fingerprint density at radius 3 is 2.14 bits per heavy atom. The highest BCUT2D eigenvalue weighted by Gasteiger charge is 2.38. The van der Waals surface area contributed by atoms with Crippen molar-refractivity contribution in [1.29, 1.82) is 0 Å². The second-order valence-corrected chi connectivity index (χ2v) is 9.46. The van der Waals surface area contributed by atoms with Crippen LogP contribution in [0.3, 0.4) is 0 Å². The number of nitrogens with one attached hydrogen (secondary N) is 2. The normalized spacial score (nSPS) is 16.1. The van der Waals surface area contributed by atoms with Crippen molar-refractivity contribution in [3.63, 3.8) is 0 Å². The first-order valence-electron chi connectivity index (χ1n) is 10.7. The van der Waals surface area contributed by atoms with Gasteiger partial charge in [-0.25, -0.2) is 28.0 Å². The molecule has 1 aliphatic heterocycles. The highest BCUT2D eigenvalue weighted by Crippen LogP contribution is 2.21. The van der Waals surface area contributed by atoms with E-state index in [0.717, 1.165) is 16.0 Å². The Hall–Kier alpha value is -4.09. The number of imide groups is 1. The molecular weight excluding hydrogens is 470 g/mol. The zero-order valence-corrected chi connectivity index (χ0v) is 19.7. The SMILES string of the molecule is COc1ccc(CN2C(=O)N(Cc3ccccc3)C(=O)NC2Nc2ccc(S(N)(=O)=O)cc2)cc1. The Morgan fingerprint density at radius 1 is 0.914 bits per heavy atom. The van der Waals surface area contributed by atoms with Crippen LogP contribution in [0.2, 0.25) is 0 Å². The van der Waals surface area contributed by atoms with Crippen molar-refractivity contribution in [2.45, 2.75) is 24.3 Å². The number of nitrogens with zero attached hydrogens (tertiary/aromatic N) is 2. The fourth-order valence-corrected chi connectivity index (χ4v) is 4.15. The van der Waals surface area contributed by atoms with Gasteiger partial charge >= 0.3 is 12.1 Å². The Labute approximate surface area is 203 Å². The number of carbonyl (C=O) groups excluding carboxylic acids is 2. The summed E-state index contributed by atoms with van der Waals surface area (Å²) < 4.78 is 28.3. The van der Waals surface area contributed by atoms with Crippen molar-refractivity contribution in [3.8, 4) is 5.75 Å². The quantitative estimate of drug-likeness (QED) is 0.440. The molecule has 1 fully saturated rings. The average molecular weight is 496 g/mol. The lowest BCUT2D eigenvalue weighted by atomic mass is 10.2. The lowest BCUT2D eigenvalue weighted by molar-refractivity contribution is 0.104. The molecule has 0 aliphatic carbocycles. The molecule has 4 N–H and O–H groups in total. The van der Waals surface area contributed by atoms with E-state index in [1.54, 1.807) is 19.2 Å². The Morgan fingerprint density at radius 2 is 1.54 bits per heavy atom. The molecule has 35 heavy (non-hydrogen) atoms. The molecule has 4 rings (SSSR count). The molecule has 1 unspecified atom stereocenters. The maximum absolute atomic E-state index is 13.5. The largest absolute Gasteiger partial charge is 0.497 e. The molecule has 1 atom stereocenters. The van der Waals surface area contributed by atoms with Gasteiger partial charge in [-0.1, -0.05) is 42.5 Å². The number of nitrogens with two attached hydrogens (primary N) is 1. The number of amides is 4. The Balaban J connectivity index is 1.60. The van der Waals surface area contributed by atoms with E-state index in [2.05, 4.69) is 10.6 Å². The summed E-state index contributed by atoms with van der Waals surface area (Å²) in [5.74, 6) is 0.683. The van der Waals surface area contributed by atoms with Crippen LogP contribution in [0.1, 0.15) is 11.1 Å². The first-order chi connectivity index (χ1) is 16.7. The summed E-state index contributed by atoms with van der Waals surface area (Å²) in [5.41, 5.74) is 2.13. The maximum Gasteiger partial charge on any atom is 0.331 e. The number of ether oxygens (including phenoxy) is 1. The molecule has 1 saturated heterocycles. The number of carbonyl (C=O) groups is 2. The number of primary sulfonamides is 1. The Bertz CT molecular complexity index is 1300. The van der Waals surface area contributed by atoms with Crippen LogP contribution in [0.25, 0.3) is 0 Å². The first kappa shape index (κ1) is 24.0. The van der Waals surface area contributed by atoms with Crippen LogP contribution in [0.4, 0.5) is 15.3 Å². The lowest BCUT2D eigenvalue weighted by Crippen LogP contribution is -2.66. The minimum atomic E-state index is -3.84. The molecule has 1 aliphatic rings. The van der Waals surface area contributed by atoms with E-state index in [-0.39, 0.29) is 18.0 Å². The van der Waals surface area contributed by atoms with E-state index in [1.807, 2.05) is 42.5 Å².